The SMILES string of the molecule is CC1(C(=O)NCC(CCO)c2ccccc2)CCNC1.Cl. The Balaban J connectivity index is 0.00000220. The Morgan fingerprint density at radius 2 is 2.14 bits per heavy atom. The predicted octanol–water partition coefficient (Wildman–Crippen LogP) is 1.69. The zero-order valence-corrected chi connectivity index (χ0v) is 13.3. The van der Waals surface area contributed by atoms with E-state index in [9.17, 15) is 9.90 Å². The maximum atomic E-state index is 12.3. The fourth-order valence-corrected chi connectivity index (χ4v) is 2.71. The molecule has 5 heteroatoms. The summed E-state index contributed by atoms with van der Waals surface area (Å²) in [5.41, 5.74) is 0.872. The zero-order valence-electron chi connectivity index (χ0n) is 12.5. The quantitative estimate of drug-likeness (QED) is 0.749. The summed E-state index contributed by atoms with van der Waals surface area (Å²) in [6.07, 6.45) is 1.55. The maximum absolute atomic E-state index is 12.3. The minimum Gasteiger partial charge on any atom is -0.396 e. The van der Waals surface area contributed by atoms with Crippen molar-refractivity contribution in [1.82, 2.24) is 10.6 Å². The Labute approximate surface area is 132 Å². The molecule has 118 valence electrons. The van der Waals surface area contributed by atoms with Gasteiger partial charge in [0.2, 0.25) is 5.91 Å². The molecular formula is C16H25ClN2O2. The van der Waals surface area contributed by atoms with Gasteiger partial charge in [-0.3, -0.25) is 4.79 Å². The van der Waals surface area contributed by atoms with E-state index < -0.39 is 0 Å². The van der Waals surface area contributed by atoms with Gasteiger partial charge in [-0.2, -0.15) is 0 Å². The van der Waals surface area contributed by atoms with Gasteiger partial charge in [-0.05, 0) is 31.9 Å². The van der Waals surface area contributed by atoms with Gasteiger partial charge in [-0.15, -0.1) is 12.4 Å². The van der Waals surface area contributed by atoms with E-state index in [2.05, 4.69) is 10.6 Å². The molecule has 0 radical (unpaired) electrons. The van der Waals surface area contributed by atoms with Crippen LogP contribution in [0.1, 0.15) is 31.2 Å². The molecule has 1 aliphatic heterocycles. The second kappa shape index (κ2) is 8.37. The van der Waals surface area contributed by atoms with Crippen LogP contribution in [0.25, 0.3) is 0 Å². The van der Waals surface area contributed by atoms with Gasteiger partial charge >= 0.3 is 0 Å². The first-order chi connectivity index (χ1) is 9.65. The molecule has 0 aliphatic carbocycles. The average Bonchev–Trinajstić information content (AvgIpc) is 2.92. The first-order valence-corrected chi connectivity index (χ1v) is 7.30. The maximum Gasteiger partial charge on any atom is 0.227 e. The van der Waals surface area contributed by atoms with E-state index in [0.717, 1.165) is 25.1 Å². The molecule has 0 spiro atoms. The van der Waals surface area contributed by atoms with Gasteiger partial charge in [0, 0.05) is 25.6 Å². The van der Waals surface area contributed by atoms with E-state index in [1.165, 1.54) is 0 Å². The van der Waals surface area contributed by atoms with Crippen LogP contribution in [0.5, 0.6) is 0 Å². The fraction of sp³-hybridized carbons (Fsp3) is 0.562. The van der Waals surface area contributed by atoms with Crippen LogP contribution < -0.4 is 10.6 Å². The summed E-state index contributed by atoms with van der Waals surface area (Å²) in [5.74, 6) is 0.282. The van der Waals surface area contributed by atoms with E-state index in [1.807, 2.05) is 37.3 Å². The Hall–Kier alpha value is -1.10. The minimum absolute atomic E-state index is 0. The summed E-state index contributed by atoms with van der Waals surface area (Å²) in [6, 6.07) is 10.0. The van der Waals surface area contributed by atoms with Gasteiger partial charge in [0.1, 0.15) is 0 Å². The molecule has 1 fully saturated rings. The van der Waals surface area contributed by atoms with Crippen LogP contribution in [-0.2, 0) is 4.79 Å². The third-order valence-corrected chi connectivity index (χ3v) is 4.17. The van der Waals surface area contributed by atoms with Crippen molar-refractivity contribution in [1.29, 1.82) is 0 Å². The monoisotopic (exact) mass is 312 g/mol. The Morgan fingerprint density at radius 3 is 2.71 bits per heavy atom. The molecule has 2 atom stereocenters. The summed E-state index contributed by atoms with van der Waals surface area (Å²) >= 11 is 0. The molecule has 0 saturated carbocycles. The highest BCUT2D eigenvalue weighted by molar-refractivity contribution is 5.85. The molecule has 1 heterocycles. The highest BCUT2D eigenvalue weighted by Crippen LogP contribution is 2.25. The van der Waals surface area contributed by atoms with Gasteiger partial charge in [-0.25, -0.2) is 0 Å². The Bertz CT molecular complexity index is 433. The summed E-state index contributed by atoms with van der Waals surface area (Å²) in [7, 11) is 0. The van der Waals surface area contributed by atoms with Crippen molar-refractivity contribution >= 4 is 18.3 Å². The molecule has 3 N–H and O–H groups in total. The third kappa shape index (κ3) is 4.70. The Kier molecular flexibility index (Phi) is 7.15. The standard InChI is InChI=1S/C16H24N2O2.ClH/c1-16(8-9-17-12-16)15(20)18-11-14(7-10-19)13-5-3-2-4-6-13;/h2-6,14,17,19H,7-12H2,1H3,(H,18,20);1H. The van der Waals surface area contributed by atoms with Crippen molar-refractivity contribution in [2.24, 2.45) is 5.41 Å². The van der Waals surface area contributed by atoms with Gasteiger partial charge in [0.05, 0.1) is 5.41 Å². The lowest BCUT2D eigenvalue weighted by atomic mass is 9.88. The highest BCUT2D eigenvalue weighted by Gasteiger charge is 2.36. The van der Waals surface area contributed by atoms with Gasteiger partial charge in [-0.1, -0.05) is 30.3 Å². The number of hydrogen-bond acceptors (Lipinski definition) is 3. The fourth-order valence-electron chi connectivity index (χ4n) is 2.71. The molecule has 1 saturated heterocycles. The largest absolute Gasteiger partial charge is 0.396 e. The molecule has 1 aliphatic rings. The normalized spacial score (nSPS) is 22.4. The number of rotatable bonds is 6. The van der Waals surface area contributed by atoms with Gasteiger partial charge in [0.15, 0.2) is 0 Å². The number of halogens is 1. The lowest BCUT2D eigenvalue weighted by Crippen LogP contribution is -2.42. The number of carbonyl (C=O) groups excluding carboxylic acids is 1. The van der Waals surface area contributed by atoms with Crippen molar-refractivity contribution in [3.05, 3.63) is 35.9 Å². The van der Waals surface area contributed by atoms with Crippen LogP contribution in [0.15, 0.2) is 30.3 Å². The van der Waals surface area contributed by atoms with Crippen LogP contribution in [0.4, 0.5) is 0 Å². The molecule has 2 rings (SSSR count). The van der Waals surface area contributed by atoms with E-state index >= 15 is 0 Å². The van der Waals surface area contributed by atoms with Gasteiger partial charge in [0.25, 0.3) is 0 Å². The van der Waals surface area contributed by atoms with Crippen molar-refractivity contribution in [2.45, 2.75) is 25.7 Å². The number of amides is 1. The summed E-state index contributed by atoms with van der Waals surface area (Å²) in [4.78, 5) is 12.3. The van der Waals surface area contributed by atoms with E-state index in [4.69, 9.17) is 0 Å². The summed E-state index contributed by atoms with van der Waals surface area (Å²) < 4.78 is 0. The summed E-state index contributed by atoms with van der Waals surface area (Å²) in [6.45, 7) is 4.37. The molecular weight excluding hydrogens is 288 g/mol. The van der Waals surface area contributed by atoms with Gasteiger partial charge < -0.3 is 15.7 Å². The third-order valence-electron chi connectivity index (χ3n) is 4.17. The number of nitrogens with one attached hydrogen (secondary N) is 2. The second-order valence-electron chi connectivity index (χ2n) is 5.82. The molecule has 1 amide bonds. The lowest BCUT2D eigenvalue weighted by Gasteiger charge is -2.24. The lowest BCUT2D eigenvalue weighted by molar-refractivity contribution is -0.129. The zero-order chi connectivity index (χ0) is 14.4. The number of benzene rings is 1. The van der Waals surface area contributed by atoms with Crippen LogP contribution >= 0.6 is 12.4 Å². The molecule has 2 unspecified atom stereocenters. The topological polar surface area (TPSA) is 61.4 Å². The number of carbonyl (C=O) groups is 1. The Morgan fingerprint density at radius 1 is 1.43 bits per heavy atom. The minimum atomic E-state index is -0.291. The van der Waals surface area contributed by atoms with E-state index in [0.29, 0.717) is 13.0 Å². The predicted molar refractivity (Wildman–Crippen MR) is 86.7 cm³/mol. The molecule has 1 aromatic carbocycles. The van der Waals surface area contributed by atoms with Crippen molar-refractivity contribution in [3.63, 3.8) is 0 Å². The molecule has 1 aromatic rings. The van der Waals surface area contributed by atoms with Crippen molar-refractivity contribution in [2.75, 3.05) is 26.2 Å². The summed E-state index contributed by atoms with van der Waals surface area (Å²) in [5, 5.41) is 15.5. The number of aliphatic hydroxyl groups is 1. The molecule has 4 nitrogen and oxygen atoms in total. The number of aliphatic hydroxyl groups excluding tert-OH is 1. The van der Waals surface area contributed by atoms with E-state index in [-0.39, 0.29) is 36.3 Å². The number of hydrogen-bond donors (Lipinski definition) is 3. The van der Waals surface area contributed by atoms with Crippen LogP contribution in [0.3, 0.4) is 0 Å². The highest BCUT2D eigenvalue weighted by atomic mass is 35.5. The van der Waals surface area contributed by atoms with Crippen LogP contribution in [0, 0.1) is 5.41 Å². The average molecular weight is 313 g/mol. The first kappa shape index (κ1) is 18.0. The molecule has 21 heavy (non-hydrogen) atoms. The first-order valence-electron chi connectivity index (χ1n) is 7.30. The van der Waals surface area contributed by atoms with Crippen LogP contribution in [-0.4, -0.2) is 37.3 Å². The van der Waals surface area contributed by atoms with Crippen LogP contribution in [0.2, 0.25) is 0 Å². The van der Waals surface area contributed by atoms with Crippen molar-refractivity contribution < 1.29 is 9.90 Å². The second-order valence-corrected chi connectivity index (χ2v) is 5.82. The van der Waals surface area contributed by atoms with E-state index in [1.54, 1.807) is 0 Å². The molecule has 0 bridgehead atoms. The smallest absolute Gasteiger partial charge is 0.227 e. The molecule has 0 aromatic heterocycles. The van der Waals surface area contributed by atoms with Crippen molar-refractivity contribution in [3.8, 4) is 0 Å².